The fourth-order valence-corrected chi connectivity index (χ4v) is 3.53. The second-order valence-corrected chi connectivity index (χ2v) is 6.87. The average molecular weight is 321 g/mol. The Morgan fingerprint density at radius 2 is 2.23 bits per heavy atom. The SMILES string of the molecule is Cc1cc(C[C@H]2COC[C@H]2NC(=O)c2sc(C)nc2C)on1. The van der Waals surface area contributed by atoms with Gasteiger partial charge in [0, 0.05) is 18.4 Å². The lowest BCUT2D eigenvalue weighted by Gasteiger charge is -2.17. The minimum Gasteiger partial charge on any atom is -0.379 e. The summed E-state index contributed by atoms with van der Waals surface area (Å²) in [5.74, 6) is 0.958. The number of aromatic nitrogens is 2. The lowest BCUT2D eigenvalue weighted by atomic mass is 9.98. The van der Waals surface area contributed by atoms with E-state index in [1.807, 2.05) is 26.8 Å². The van der Waals surface area contributed by atoms with Crippen molar-refractivity contribution in [1.29, 1.82) is 0 Å². The molecule has 0 aromatic carbocycles. The van der Waals surface area contributed by atoms with Gasteiger partial charge in [0.2, 0.25) is 0 Å². The summed E-state index contributed by atoms with van der Waals surface area (Å²) < 4.78 is 10.8. The predicted molar refractivity (Wildman–Crippen MR) is 82.1 cm³/mol. The molecule has 1 fully saturated rings. The maximum atomic E-state index is 12.4. The van der Waals surface area contributed by atoms with E-state index >= 15 is 0 Å². The molecule has 7 heteroatoms. The minimum atomic E-state index is -0.0719. The van der Waals surface area contributed by atoms with E-state index in [-0.39, 0.29) is 17.9 Å². The highest BCUT2D eigenvalue weighted by Crippen LogP contribution is 2.22. The molecule has 0 spiro atoms. The van der Waals surface area contributed by atoms with Crippen molar-refractivity contribution in [3.63, 3.8) is 0 Å². The summed E-state index contributed by atoms with van der Waals surface area (Å²) in [7, 11) is 0. The molecule has 118 valence electrons. The molecule has 2 aromatic rings. The molecular weight excluding hydrogens is 302 g/mol. The second kappa shape index (κ2) is 6.18. The highest BCUT2D eigenvalue weighted by molar-refractivity contribution is 7.13. The number of carbonyl (C=O) groups excluding carboxylic acids is 1. The van der Waals surface area contributed by atoms with Gasteiger partial charge in [0.25, 0.3) is 5.91 Å². The number of hydrogen-bond acceptors (Lipinski definition) is 6. The lowest BCUT2D eigenvalue weighted by molar-refractivity contribution is 0.0928. The molecule has 2 aromatic heterocycles. The molecule has 0 radical (unpaired) electrons. The molecule has 1 saturated heterocycles. The monoisotopic (exact) mass is 321 g/mol. The smallest absolute Gasteiger partial charge is 0.263 e. The van der Waals surface area contributed by atoms with Gasteiger partial charge in [-0.05, 0) is 20.8 Å². The van der Waals surface area contributed by atoms with Crippen molar-refractivity contribution >= 4 is 17.2 Å². The van der Waals surface area contributed by atoms with Crippen molar-refractivity contribution in [3.8, 4) is 0 Å². The molecule has 22 heavy (non-hydrogen) atoms. The maximum Gasteiger partial charge on any atom is 0.263 e. The van der Waals surface area contributed by atoms with Crippen LogP contribution < -0.4 is 5.32 Å². The molecule has 3 rings (SSSR count). The van der Waals surface area contributed by atoms with Crippen LogP contribution in [0.25, 0.3) is 0 Å². The number of thiazole rings is 1. The first-order valence-corrected chi connectivity index (χ1v) is 8.09. The van der Waals surface area contributed by atoms with Crippen LogP contribution in [0, 0.1) is 26.7 Å². The molecule has 3 heterocycles. The van der Waals surface area contributed by atoms with Crippen LogP contribution in [-0.2, 0) is 11.2 Å². The summed E-state index contributed by atoms with van der Waals surface area (Å²) in [5.41, 5.74) is 1.64. The van der Waals surface area contributed by atoms with Crippen LogP contribution in [0.1, 0.15) is 31.8 Å². The largest absolute Gasteiger partial charge is 0.379 e. The zero-order chi connectivity index (χ0) is 15.7. The number of ether oxygens (including phenoxy) is 1. The number of carbonyl (C=O) groups is 1. The summed E-state index contributed by atoms with van der Waals surface area (Å²) in [5, 5.41) is 7.87. The average Bonchev–Trinajstić information content (AvgIpc) is 3.13. The molecule has 6 nitrogen and oxygen atoms in total. The highest BCUT2D eigenvalue weighted by Gasteiger charge is 2.31. The van der Waals surface area contributed by atoms with Crippen molar-refractivity contribution in [3.05, 3.63) is 33.1 Å². The molecule has 1 N–H and O–H groups in total. The van der Waals surface area contributed by atoms with Crippen molar-refractivity contribution in [1.82, 2.24) is 15.5 Å². The molecule has 1 aliphatic rings. The number of nitrogens with one attached hydrogen (secondary N) is 1. The van der Waals surface area contributed by atoms with Gasteiger partial charge in [-0.1, -0.05) is 5.16 Å². The first kappa shape index (κ1) is 15.2. The van der Waals surface area contributed by atoms with Crippen LogP contribution in [0.15, 0.2) is 10.6 Å². The second-order valence-electron chi connectivity index (χ2n) is 5.66. The van der Waals surface area contributed by atoms with Gasteiger partial charge in [-0.15, -0.1) is 11.3 Å². The van der Waals surface area contributed by atoms with Crippen molar-refractivity contribution in [2.75, 3.05) is 13.2 Å². The van der Waals surface area contributed by atoms with E-state index in [1.165, 1.54) is 11.3 Å². The number of aryl methyl sites for hydroxylation is 3. The third-order valence-corrected chi connectivity index (χ3v) is 4.84. The Kier molecular flexibility index (Phi) is 4.26. The molecule has 1 aliphatic heterocycles. The van der Waals surface area contributed by atoms with E-state index in [1.54, 1.807) is 0 Å². The predicted octanol–water partition coefficient (Wildman–Crippen LogP) is 2.04. The van der Waals surface area contributed by atoms with Crippen LogP contribution in [-0.4, -0.2) is 35.3 Å². The summed E-state index contributed by atoms with van der Waals surface area (Å²) in [6.45, 7) is 6.80. The molecule has 0 saturated carbocycles. The van der Waals surface area contributed by atoms with Gasteiger partial charge in [-0.25, -0.2) is 4.98 Å². The highest BCUT2D eigenvalue weighted by atomic mass is 32.1. The molecule has 0 unspecified atom stereocenters. The third kappa shape index (κ3) is 3.20. The van der Waals surface area contributed by atoms with E-state index in [4.69, 9.17) is 9.26 Å². The number of amides is 1. The Morgan fingerprint density at radius 1 is 1.41 bits per heavy atom. The number of nitrogens with zero attached hydrogens (tertiary/aromatic N) is 2. The summed E-state index contributed by atoms with van der Waals surface area (Å²) in [6.07, 6.45) is 0.715. The van der Waals surface area contributed by atoms with Crippen LogP contribution in [0.3, 0.4) is 0 Å². The Balaban J connectivity index is 1.66. The quantitative estimate of drug-likeness (QED) is 0.932. The van der Waals surface area contributed by atoms with Crippen LogP contribution in [0.4, 0.5) is 0 Å². The summed E-state index contributed by atoms with van der Waals surface area (Å²) in [4.78, 5) is 17.4. The van der Waals surface area contributed by atoms with E-state index < -0.39 is 0 Å². The van der Waals surface area contributed by atoms with Crippen LogP contribution in [0.5, 0.6) is 0 Å². The van der Waals surface area contributed by atoms with Gasteiger partial charge >= 0.3 is 0 Å². The first-order valence-electron chi connectivity index (χ1n) is 7.27. The standard InChI is InChI=1S/C15H19N3O3S/c1-8-4-12(21-18-8)5-11-6-20-7-13(11)17-15(19)14-9(2)16-10(3)22-14/h4,11,13H,5-7H2,1-3H3,(H,17,19)/t11-,13+/m0/s1. The van der Waals surface area contributed by atoms with Crippen molar-refractivity contribution in [2.24, 2.45) is 5.92 Å². The van der Waals surface area contributed by atoms with Crippen LogP contribution >= 0.6 is 11.3 Å². The normalized spacial score (nSPS) is 21.2. The molecule has 2 atom stereocenters. The molecule has 1 amide bonds. The fourth-order valence-electron chi connectivity index (χ4n) is 2.71. The van der Waals surface area contributed by atoms with Gasteiger partial charge < -0.3 is 14.6 Å². The minimum absolute atomic E-state index is 0.0142. The number of hydrogen-bond donors (Lipinski definition) is 1. The summed E-state index contributed by atoms with van der Waals surface area (Å²) >= 11 is 1.42. The van der Waals surface area contributed by atoms with Gasteiger partial charge in [-0.3, -0.25) is 4.79 Å². The van der Waals surface area contributed by atoms with Gasteiger partial charge in [0.15, 0.2) is 0 Å². The van der Waals surface area contributed by atoms with E-state index in [2.05, 4.69) is 15.5 Å². The van der Waals surface area contributed by atoms with Gasteiger partial charge in [0.1, 0.15) is 10.6 Å². The lowest BCUT2D eigenvalue weighted by Crippen LogP contribution is -2.40. The topological polar surface area (TPSA) is 77.2 Å². The van der Waals surface area contributed by atoms with Crippen molar-refractivity contribution in [2.45, 2.75) is 33.2 Å². The van der Waals surface area contributed by atoms with E-state index in [9.17, 15) is 4.79 Å². The van der Waals surface area contributed by atoms with E-state index in [0.717, 1.165) is 22.2 Å². The molecular formula is C15H19N3O3S. The Hall–Kier alpha value is -1.73. The fraction of sp³-hybridized carbons (Fsp3) is 0.533. The van der Waals surface area contributed by atoms with Gasteiger partial charge in [0.05, 0.1) is 35.7 Å². The molecule has 0 bridgehead atoms. The zero-order valence-corrected chi connectivity index (χ0v) is 13.7. The van der Waals surface area contributed by atoms with Crippen molar-refractivity contribution < 1.29 is 14.1 Å². The third-order valence-electron chi connectivity index (χ3n) is 3.76. The first-order chi connectivity index (χ1) is 10.5. The Bertz CT molecular complexity index is 679. The molecule has 0 aliphatic carbocycles. The Labute approximate surface area is 132 Å². The number of rotatable bonds is 4. The Morgan fingerprint density at radius 3 is 2.86 bits per heavy atom. The maximum absolute atomic E-state index is 12.4. The summed E-state index contributed by atoms with van der Waals surface area (Å²) in [6, 6.07) is 1.91. The zero-order valence-electron chi connectivity index (χ0n) is 12.9. The van der Waals surface area contributed by atoms with Gasteiger partial charge in [-0.2, -0.15) is 0 Å². The van der Waals surface area contributed by atoms with E-state index in [0.29, 0.717) is 24.5 Å². The van der Waals surface area contributed by atoms with Crippen LogP contribution in [0.2, 0.25) is 0 Å².